The van der Waals surface area contributed by atoms with E-state index in [9.17, 15) is 4.79 Å². The zero-order valence-corrected chi connectivity index (χ0v) is 6.89. The SMILES string of the molecule is CC(=O)NC1CCC([NH])CC1. The molecule has 3 nitrogen and oxygen atoms in total. The minimum absolute atomic E-state index is 0.0541. The molecule has 0 aliphatic heterocycles. The fourth-order valence-electron chi connectivity index (χ4n) is 1.53. The first-order valence-electron chi connectivity index (χ1n) is 4.16. The molecule has 1 amide bonds. The first kappa shape index (κ1) is 8.53. The van der Waals surface area contributed by atoms with E-state index in [0.717, 1.165) is 25.7 Å². The van der Waals surface area contributed by atoms with Gasteiger partial charge in [0.25, 0.3) is 0 Å². The third-order valence-electron chi connectivity index (χ3n) is 2.13. The highest BCUT2D eigenvalue weighted by Crippen LogP contribution is 2.17. The van der Waals surface area contributed by atoms with Crippen molar-refractivity contribution in [2.45, 2.75) is 44.7 Å². The van der Waals surface area contributed by atoms with E-state index in [-0.39, 0.29) is 11.9 Å². The summed E-state index contributed by atoms with van der Waals surface area (Å²) in [5.74, 6) is 0.0541. The number of carbonyl (C=O) groups is 1. The summed E-state index contributed by atoms with van der Waals surface area (Å²) >= 11 is 0. The van der Waals surface area contributed by atoms with Crippen molar-refractivity contribution >= 4 is 5.91 Å². The van der Waals surface area contributed by atoms with E-state index in [0.29, 0.717) is 6.04 Å². The highest BCUT2D eigenvalue weighted by molar-refractivity contribution is 5.73. The van der Waals surface area contributed by atoms with Crippen molar-refractivity contribution in [1.82, 2.24) is 11.1 Å². The topological polar surface area (TPSA) is 52.9 Å². The van der Waals surface area contributed by atoms with Crippen molar-refractivity contribution in [2.75, 3.05) is 0 Å². The lowest BCUT2D eigenvalue weighted by Gasteiger charge is -2.25. The lowest BCUT2D eigenvalue weighted by Crippen LogP contribution is -2.37. The molecule has 0 unspecified atom stereocenters. The zero-order valence-electron chi connectivity index (χ0n) is 6.89. The molecule has 0 heterocycles. The Labute approximate surface area is 67.3 Å². The Hall–Kier alpha value is -0.570. The quantitative estimate of drug-likeness (QED) is 0.596. The Bertz CT molecular complexity index is 139. The van der Waals surface area contributed by atoms with Crippen LogP contribution in [0.2, 0.25) is 0 Å². The van der Waals surface area contributed by atoms with Gasteiger partial charge < -0.3 is 5.32 Å². The lowest BCUT2D eigenvalue weighted by molar-refractivity contribution is -0.119. The van der Waals surface area contributed by atoms with Crippen molar-refractivity contribution < 1.29 is 4.79 Å². The zero-order chi connectivity index (χ0) is 8.27. The van der Waals surface area contributed by atoms with E-state index < -0.39 is 0 Å². The fraction of sp³-hybridized carbons (Fsp3) is 0.875. The smallest absolute Gasteiger partial charge is 0.217 e. The van der Waals surface area contributed by atoms with Crippen LogP contribution in [0.3, 0.4) is 0 Å². The highest BCUT2D eigenvalue weighted by atomic mass is 16.1. The van der Waals surface area contributed by atoms with Gasteiger partial charge in [-0.3, -0.25) is 10.5 Å². The number of nitrogens with one attached hydrogen (secondary N) is 2. The summed E-state index contributed by atoms with van der Waals surface area (Å²) in [6.07, 6.45) is 3.83. The van der Waals surface area contributed by atoms with E-state index in [1.807, 2.05) is 0 Å². The largest absolute Gasteiger partial charge is 0.354 e. The standard InChI is InChI=1S/C8H15N2O/c1-6(11)10-8-4-2-7(9)3-5-8/h7-9H,2-5H2,1H3,(H,10,11). The van der Waals surface area contributed by atoms with Gasteiger partial charge in [0.15, 0.2) is 0 Å². The molecule has 1 fully saturated rings. The van der Waals surface area contributed by atoms with Crippen LogP contribution in [0.4, 0.5) is 0 Å². The van der Waals surface area contributed by atoms with Crippen LogP contribution in [0.15, 0.2) is 0 Å². The fourth-order valence-corrected chi connectivity index (χ4v) is 1.53. The Balaban J connectivity index is 2.22. The van der Waals surface area contributed by atoms with Gasteiger partial charge in [-0.25, -0.2) is 0 Å². The predicted molar refractivity (Wildman–Crippen MR) is 43.0 cm³/mol. The molecule has 0 spiro atoms. The molecule has 63 valence electrons. The molecule has 0 atom stereocenters. The molecule has 1 aliphatic carbocycles. The maximum atomic E-state index is 10.6. The van der Waals surface area contributed by atoms with Gasteiger partial charge >= 0.3 is 0 Å². The summed E-state index contributed by atoms with van der Waals surface area (Å²) in [4.78, 5) is 10.6. The molecule has 0 aromatic rings. The van der Waals surface area contributed by atoms with Crippen LogP contribution in [-0.2, 0) is 4.79 Å². The van der Waals surface area contributed by atoms with Gasteiger partial charge in [0.05, 0.1) is 0 Å². The average Bonchev–Trinajstić information content (AvgIpc) is 1.93. The van der Waals surface area contributed by atoms with Gasteiger partial charge in [0, 0.05) is 19.0 Å². The van der Waals surface area contributed by atoms with Crippen LogP contribution in [0.25, 0.3) is 0 Å². The lowest BCUT2D eigenvalue weighted by atomic mass is 9.92. The maximum Gasteiger partial charge on any atom is 0.217 e. The molecular formula is C8H15N2O. The highest BCUT2D eigenvalue weighted by Gasteiger charge is 2.18. The number of hydrogen-bond acceptors (Lipinski definition) is 1. The normalized spacial score (nSPS) is 31.5. The van der Waals surface area contributed by atoms with Crippen LogP contribution in [-0.4, -0.2) is 18.0 Å². The summed E-state index contributed by atoms with van der Waals surface area (Å²) in [5, 5.41) is 2.88. The molecule has 1 radical (unpaired) electrons. The predicted octanol–water partition coefficient (Wildman–Crippen LogP) is 0.717. The summed E-state index contributed by atoms with van der Waals surface area (Å²) in [7, 11) is 0. The number of carbonyl (C=O) groups excluding carboxylic acids is 1. The first-order chi connectivity index (χ1) is 5.18. The van der Waals surface area contributed by atoms with Gasteiger partial charge in [-0.2, -0.15) is 0 Å². The molecule has 0 aromatic carbocycles. The van der Waals surface area contributed by atoms with Crippen LogP contribution in [0.5, 0.6) is 0 Å². The van der Waals surface area contributed by atoms with Crippen molar-refractivity contribution in [3.63, 3.8) is 0 Å². The van der Waals surface area contributed by atoms with E-state index in [4.69, 9.17) is 5.73 Å². The summed E-state index contributed by atoms with van der Waals surface area (Å²) in [6, 6.07) is 0.453. The Morgan fingerprint density at radius 2 is 1.91 bits per heavy atom. The molecule has 2 N–H and O–H groups in total. The minimum Gasteiger partial charge on any atom is -0.354 e. The molecule has 0 bridgehead atoms. The summed E-state index contributed by atoms with van der Waals surface area (Å²) in [5.41, 5.74) is 7.43. The summed E-state index contributed by atoms with van der Waals surface area (Å²) < 4.78 is 0. The second kappa shape index (κ2) is 3.72. The van der Waals surface area contributed by atoms with E-state index in [1.165, 1.54) is 0 Å². The van der Waals surface area contributed by atoms with Crippen molar-refractivity contribution in [3.05, 3.63) is 0 Å². The molecule has 11 heavy (non-hydrogen) atoms. The van der Waals surface area contributed by atoms with Crippen LogP contribution >= 0.6 is 0 Å². The van der Waals surface area contributed by atoms with Crippen molar-refractivity contribution in [1.29, 1.82) is 0 Å². The molecular weight excluding hydrogens is 140 g/mol. The van der Waals surface area contributed by atoms with Gasteiger partial charge in [0.1, 0.15) is 0 Å². The van der Waals surface area contributed by atoms with Crippen molar-refractivity contribution in [3.8, 4) is 0 Å². The minimum atomic E-state index is 0.0541. The third kappa shape index (κ3) is 2.89. The Morgan fingerprint density at radius 1 is 1.36 bits per heavy atom. The Kier molecular flexibility index (Phi) is 2.88. The van der Waals surface area contributed by atoms with E-state index in [1.54, 1.807) is 6.92 Å². The van der Waals surface area contributed by atoms with Crippen LogP contribution in [0.1, 0.15) is 32.6 Å². The maximum absolute atomic E-state index is 10.6. The molecule has 1 rings (SSSR count). The van der Waals surface area contributed by atoms with Crippen LogP contribution in [0, 0.1) is 0 Å². The van der Waals surface area contributed by atoms with E-state index in [2.05, 4.69) is 5.32 Å². The Morgan fingerprint density at radius 3 is 2.36 bits per heavy atom. The molecule has 0 saturated heterocycles. The van der Waals surface area contributed by atoms with Gasteiger partial charge in [-0.15, -0.1) is 0 Å². The molecule has 1 saturated carbocycles. The van der Waals surface area contributed by atoms with Crippen LogP contribution < -0.4 is 11.1 Å². The third-order valence-corrected chi connectivity index (χ3v) is 2.13. The van der Waals surface area contributed by atoms with Gasteiger partial charge in [-0.1, -0.05) is 0 Å². The second-order valence-corrected chi connectivity index (χ2v) is 3.25. The van der Waals surface area contributed by atoms with Gasteiger partial charge in [-0.05, 0) is 25.7 Å². The number of amides is 1. The molecule has 0 aromatic heterocycles. The average molecular weight is 155 g/mol. The number of rotatable bonds is 1. The monoisotopic (exact) mass is 155 g/mol. The molecule has 3 heteroatoms. The number of hydrogen-bond donors (Lipinski definition) is 1. The summed E-state index contributed by atoms with van der Waals surface area (Å²) in [6.45, 7) is 1.55. The second-order valence-electron chi connectivity index (χ2n) is 3.25. The van der Waals surface area contributed by atoms with Crippen molar-refractivity contribution in [2.24, 2.45) is 0 Å². The molecule has 1 aliphatic rings. The van der Waals surface area contributed by atoms with Gasteiger partial charge in [0.2, 0.25) is 5.91 Å². The first-order valence-corrected chi connectivity index (χ1v) is 4.16. The van der Waals surface area contributed by atoms with E-state index >= 15 is 0 Å².